The number of hydrogen-bond acceptors (Lipinski definition) is 5. The molecule has 1 fully saturated rings. The van der Waals surface area contributed by atoms with E-state index in [1.807, 2.05) is 11.8 Å². The average Bonchev–Trinajstić information content (AvgIpc) is 2.92. The van der Waals surface area contributed by atoms with Gasteiger partial charge in [0.05, 0.1) is 13.2 Å². The second kappa shape index (κ2) is 9.54. The fraction of sp³-hybridized carbons (Fsp3) is 0.414. The Bertz CT molecular complexity index is 1300. The quantitative estimate of drug-likeness (QED) is 0.561. The Balaban J connectivity index is 1.11. The molecule has 186 valence electrons. The van der Waals surface area contributed by atoms with Crippen LogP contribution in [0.1, 0.15) is 58.2 Å². The topological polar surface area (TPSA) is 87.3 Å². The smallest absolute Gasteiger partial charge is 0.255 e. The highest BCUT2D eigenvalue weighted by Gasteiger charge is 2.42. The third kappa shape index (κ3) is 4.11. The van der Waals surface area contributed by atoms with E-state index in [1.54, 1.807) is 0 Å². The molecule has 3 aliphatic carbocycles. The number of ether oxygens (including phenoxy) is 1. The van der Waals surface area contributed by atoms with Gasteiger partial charge in [-0.15, -0.1) is 0 Å². The largest absolute Gasteiger partial charge is 0.378 e. The number of amides is 1. The number of aromatic nitrogens is 2. The van der Waals surface area contributed by atoms with Crippen molar-refractivity contribution < 1.29 is 9.53 Å². The molecule has 0 unspecified atom stereocenters. The summed E-state index contributed by atoms with van der Waals surface area (Å²) < 4.78 is 5.38. The van der Waals surface area contributed by atoms with Crippen LogP contribution in [0.2, 0.25) is 0 Å². The molecule has 1 aliphatic heterocycles. The lowest BCUT2D eigenvalue weighted by Gasteiger charge is -2.45. The molecular weight excluding hydrogens is 452 g/mol. The van der Waals surface area contributed by atoms with E-state index in [0.717, 1.165) is 6.42 Å². The molecule has 0 radical (unpaired) electrons. The molecule has 1 saturated heterocycles. The summed E-state index contributed by atoms with van der Waals surface area (Å²) in [5.74, 6) is 1.63. The van der Waals surface area contributed by atoms with Gasteiger partial charge in [-0.3, -0.25) is 14.6 Å². The number of carbonyl (C=O) groups excluding carboxylic acids is 1. The molecule has 4 aliphatic rings. The van der Waals surface area contributed by atoms with Gasteiger partial charge in [-0.25, -0.2) is 4.98 Å². The Labute approximate surface area is 210 Å². The molecule has 2 N–H and O–H groups in total. The van der Waals surface area contributed by atoms with E-state index in [1.165, 1.54) is 22.3 Å². The molecule has 1 atom stereocenters. The van der Waals surface area contributed by atoms with Crippen molar-refractivity contribution in [2.24, 2.45) is 5.92 Å². The number of nitrogens with one attached hydrogen (secondary N) is 2. The van der Waals surface area contributed by atoms with Crippen LogP contribution in [0.5, 0.6) is 0 Å². The van der Waals surface area contributed by atoms with Crippen molar-refractivity contribution in [3.05, 3.63) is 92.4 Å². The summed E-state index contributed by atoms with van der Waals surface area (Å²) in [4.78, 5) is 35.1. The number of aromatic amines is 1. The van der Waals surface area contributed by atoms with E-state index in [0.29, 0.717) is 74.2 Å². The van der Waals surface area contributed by atoms with E-state index in [-0.39, 0.29) is 17.9 Å². The molecule has 0 spiro atoms. The summed E-state index contributed by atoms with van der Waals surface area (Å²) in [5, 5.41) is 3.18. The Kier molecular flexibility index (Phi) is 6.09. The molecule has 2 heterocycles. The van der Waals surface area contributed by atoms with Gasteiger partial charge in [0.25, 0.3) is 5.56 Å². The van der Waals surface area contributed by atoms with Crippen LogP contribution in [-0.2, 0) is 16.0 Å². The number of benzene rings is 2. The van der Waals surface area contributed by atoms with Crippen LogP contribution < -0.4 is 15.8 Å². The van der Waals surface area contributed by atoms with Crippen molar-refractivity contribution in [2.45, 2.75) is 38.0 Å². The van der Waals surface area contributed by atoms with E-state index >= 15 is 0 Å². The first kappa shape index (κ1) is 23.0. The number of aryl methyl sites for hydroxylation is 1. The number of nitrogens with zero attached hydrogens (tertiary/aromatic N) is 2. The minimum atomic E-state index is -0.158. The van der Waals surface area contributed by atoms with E-state index in [2.05, 4.69) is 63.8 Å². The van der Waals surface area contributed by atoms with Gasteiger partial charge in [-0.2, -0.15) is 0 Å². The van der Waals surface area contributed by atoms with Gasteiger partial charge in [0.1, 0.15) is 0 Å². The van der Waals surface area contributed by atoms with E-state index < -0.39 is 0 Å². The van der Waals surface area contributed by atoms with Gasteiger partial charge in [-0.1, -0.05) is 48.5 Å². The summed E-state index contributed by atoms with van der Waals surface area (Å²) in [6.07, 6.45) is 1.70. The Hall–Kier alpha value is -3.45. The zero-order chi connectivity index (χ0) is 24.6. The first-order valence-electron chi connectivity index (χ1n) is 13.0. The second-order valence-electron chi connectivity index (χ2n) is 10.1. The van der Waals surface area contributed by atoms with Gasteiger partial charge < -0.3 is 15.0 Å². The van der Waals surface area contributed by atoms with Crippen molar-refractivity contribution in [2.75, 3.05) is 37.7 Å². The van der Waals surface area contributed by atoms with Crippen molar-refractivity contribution >= 4 is 11.9 Å². The highest BCUT2D eigenvalue weighted by atomic mass is 16.5. The van der Waals surface area contributed by atoms with Crippen molar-refractivity contribution in [1.82, 2.24) is 15.3 Å². The minimum Gasteiger partial charge on any atom is -0.378 e. The molecule has 3 aromatic rings. The van der Waals surface area contributed by atoms with Crippen LogP contribution in [0.3, 0.4) is 0 Å². The Morgan fingerprint density at radius 1 is 1.06 bits per heavy atom. The number of morpholine rings is 1. The maximum atomic E-state index is 12.8. The average molecular weight is 485 g/mol. The molecule has 7 nitrogen and oxygen atoms in total. The molecule has 36 heavy (non-hydrogen) atoms. The van der Waals surface area contributed by atoms with Crippen molar-refractivity contribution in [3.63, 3.8) is 0 Å². The van der Waals surface area contributed by atoms with Crippen LogP contribution in [0.4, 0.5) is 5.95 Å². The fourth-order valence-electron chi connectivity index (χ4n) is 6.35. The first-order chi connectivity index (χ1) is 17.6. The maximum absolute atomic E-state index is 12.8. The Morgan fingerprint density at radius 2 is 1.69 bits per heavy atom. The number of carbonyl (C=O) groups is 1. The Morgan fingerprint density at radius 3 is 2.33 bits per heavy atom. The van der Waals surface area contributed by atoms with Gasteiger partial charge in [0.15, 0.2) is 0 Å². The second-order valence-corrected chi connectivity index (χ2v) is 10.1. The SMILES string of the molecule is Cc1nc(N2CCOCC2)[nH]c(=O)c1CCC(=O)NC[C@H]1CC2c3ccccc3C1c1ccccc12. The highest BCUT2D eigenvalue weighted by molar-refractivity contribution is 5.76. The number of fused-ring (bicyclic) bond motifs is 1. The normalized spacial score (nSPS) is 22.1. The van der Waals surface area contributed by atoms with Crippen LogP contribution in [-0.4, -0.2) is 48.7 Å². The number of H-pyrrole nitrogens is 1. The predicted molar refractivity (Wildman–Crippen MR) is 139 cm³/mol. The third-order valence-corrected chi connectivity index (χ3v) is 8.11. The monoisotopic (exact) mass is 484 g/mol. The third-order valence-electron chi connectivity index (χ3n) is 8.11. The summed E-state index contributed by atoms with van der Waals surface area (Å²) in [7, 11) is 0. The summed E-state index contributed by atoms with van der Waals surface area (Å²) in [5.41, 5.74) is 6.79. The van der Waals surface area contributed by atoms with E-state index in [4.69, 9.17) is 4.74 Å². The lowest BCUT2D eigenvalue weighted by molar-refractivity contribution is -0.121. The zero-order valence-electron chi connectivity index (χ0n) is 20.6. The first-order valence-corrected chi connectivity index (χ1v) is 13.0. The van der Waals surface area contributed by atoms with Gasteiger partial charge in [-0.05, 0) is 47.9 Å². The van der Waals surface area contributed by atoms with Crippen molar-refractivity contribution in [1.29, 1.82) is 0 Å². The summed E-state index contributed by atoms with van der Waals surface area (Å²) in [6, 6.07) is 17.5. The number of hydrogen-bond donors (Lipinski definition) is 2. The molecular formula is C29H32N4O3. The molecule has 7 rings (SSSR count). The number of rotatable bonds is 6. The van der Waals surface area contributed by atoms with Crippen LogP contribution in [0.15, 0.2) is 53.3 Å². The van der Waals surface area contributed by atoms with Crippen molar-refractivity contribution in [3.8, 4) is 0 Å². The van der Waals surface area contributed by atoms with Crippen LogP contribution in [0.25, 0.3) is 0 Å². The molecule has 1 amide bonds. The highest BCUT2D eigenvalue weighted by Crippen LogP contribution is 2.55. The molecule has 2 bridgehead atoms. The molecule has 2 aromatic carbocycles. The maximum Gasteiger partial charge on any atom is 0.255 e. The van der Waals surface area contributed by atoms with Crippen LogP contribution >= 0.6 is 0 Å². The fourth-order valence-corrected chi connectivity index (χ4v) is 6.35. The summed E-state index contributed by atoms with van der Waals surface area (Å²) >= 11 is 0. The molecule has 0 saturated carbocycles. The summed E-state index contributed by atoms with van der Waals surface area (Å²) in [6.45, 7) is 5.17. The predicted octanol–water partition coefficient (Wildman–Crippen LogP) is 3.26. The van der Waals surface area contributed by atoms with Gasteiger partial charge in [0.2, 0.25) is 11.9 Å². The molecule has 7 heteroatoms. The van der Waals surface area contributed by atoms with E-state index in [9.17, 15) is 9.59 Å². The van der Waals surface area contributed by atoms with Crippen LogP contribution in [0, 0.1) is 12.8 Å². The van der Waals surface area contributed by atoms with Gasteiger partial charge in [0, 0.05) is 49.1 Å². The standard InChI is InChI=1S/C29H32N4O3/c1-18-20(28(35)32-29(31-18)33-12-14-36-15-13-33)10-11-26(34)30-17-19-16-25-21-6-2-4-8-23(21)27(19)24-9-5-3-7-22(24)25/h2-9,19,25,27H,10-17H2,1H3,(H,30,34)(H,31,32,35)/t19-,25?,27?/m1/s1. The zero-order valence-corrected chi connectivity index (χ0v) is 20.6. The minimum absolute atomic E-state index is 0.0194. The lowest BCUT2D eigenvalue weighted by Crippen LogP contribution is -2.39. The van der Waals surface area contributed by atoms with Gasteiger partial charge >= 0.3 is 0 Å². The molecule has 1 aromatic heterocycles. The number of anilines is 1. The lowest BCUT2D eigenvalue weighted by atomic mass is 9.59.